The maximum absolute atomic E-state index is 14.2. The summed E-state index contributed by atoms with van der Waals surface area (Å²) >= 11 is 3.20. The molecule has 0 aliphatic heterocycles. The van der Waals surface area contributed by atoms with Gasteiger partial charge in [0.15, 0.2) is 0 Å². The van der Waals surface area contributed by atoms with Gasteiger partial charge in [0.25, 0.3) is 5.56 Å². The molecule has 0 spiro atoms. The van der Waals surface area contributed by atoms with E-state index in [9.17, 15) is 13.4 Å². The van der Waals surface area contributed by atoms with Gasteiger partial charge in [-0.25, -0.2) is 8.60 Å². The minimum Gasteiger partial charge on any atom is -0.396 e. The lowest BCUT2D eigenvalue weighted by Crippen LogP contribution is -2.24. The van der Waals surface area contributed by atoms with Crippen molar-refractivity contribution in [1.29, 1.82) is 0 Å². The van der Waals surface area contributed by atoms with Crippen LogP contribution in [0, 0.1) is 18.7 Å². The lowest BCUT2D eigenvalue weighted by molar-refractivity contribution is 0.277. The van der Waals surface area contributed by atoms with Crippen molar-refractivity contribution < 1.29 is 13.7 Å². The first-order valence-corrected chi connectivity index (χ1v) is 10.0. The van der Waals surface area contributed by atoms with E-state index >= 15 is 0 Å². The number of aromatic nitrogens is 1. The first kappa shape index (κ1) is 19.1. The largest absolute Gasteiger partial charge is 0.396 e. The minimum atomic E-state index is -1.41. The average Bonchev–Trinajstić information content (AvgIpc) is 3.38. The van der Waals surface area contributed by atoms with Crippen molar-refractivity contribution in [3.05, 3.63) is 50.5 Å². The zero-order valence-corrected chi connectivity index (χ0v) is 16.7. The highest BCUT2D eigenvalue weighted by molar-refractivity contribution is 9.10. The maximum Gasteiger partial charge on any atom is 0.254 e. The Balaban J connectivity index is 1.96. The summed E-state index contributed by atoms with van der Waals surface area (Å²) in [5.41, 5.74) is 0.874. The fraction of sp³-hybridized carbons (Fsp3) is 0.353. The van der Waals surface area contributed by atoms with Gasteiger partial charge in [-0.3, -0.25) is 9.36 Å². The Morgan fingerprint density at radius 1 is 1.38 bits per heavy atom. The lowest BCUT2D eigenvalue weighted by Gasteiger charge is -2.18. The second kappa shape index (κ2) is 7.50. The second-order valence-electron chi connectivity index (χ2n) is 6.32. The van der Waals surface area contributed by atoms with Crippen molar-refractivity contribution in [1.82, 2.24) is 4.57 Å². The van der Waals surface area contributed by atoms with E-state index in [1.165, 1.54) is 10.6 Å². The van der Waals surface area contributed by atoms with Crippen molar-refractivity contribution >= 4 is 44.1 Å². The monoisotopic (exact) mass is 443 g/mol. The normalized spacial score (nSPS) is 19.9. The Bertz CT molecular complexity index is 934. The molecule has 140 valence electrons. The third-order valence-corrected chi connectivity index (χ3v) is 6.40. The summed E-state index contributed by atoms with van der Waals surface area (Å²) in [6.07, 6.45) is 0.685. The number of nitrogens with one attached hydrogen (secondary N) is 2. The highest BCUT2D eigenvalue weighted by Crippen LogP contribution is 2.36. The fourth-order valence-corrected chi connectivity index (χ4v) is 4.41. The molecule has 6 nitrogen and oxygen atoms in total. The number of rotatable bonds is 6. The molecule has 0 bridgehead atoms. The molecule has 1 saturated carbocycles. The maximum atomic E-state index is 14.2. The zero-order valence-electron chi connectivity index (χ0n) is 14.3. The van der Waals surface area contributed by atoms with Crippen molar-refractivity contribution in [2.75, 3.05) is 16.6 Å². The van der Waals surface area contributed by atoms with Gasteiger partial charge in [0.2, 0.25) is 0 Å². The molecule has 3 rings (SSSR count). The summed E-state index contributed by atoms with van der Waals surface area (Å²) in [7, 11) is 0.157. The summed E-state index contributed by atoms with van der Waals surface area (Å²) in [6, 6.07) is 6.14. The Labute approximate surface area is 161 Å². The van der Waals surface area contributed by atoms with Crippen LogP contribution in [0.1, 0.15) is 12.0 Å². The lowest BCUT2D eigenvalue weighted by atomic mass is 10.2. The standard InChI is InChI=1S/C17H19BrFN3O3S/c1-9-5-14(21-26(25)15-6-10(15)8-23)16(22(2)17(9)24)20-13-4-3-11(18)7-12(13)19/h3-5,7,10,15,20-21,23H,6,8H2,1-2H3. The van der Waals surface area contributed by atoms with Gasteiger partial charge in [-0.1, -0.05) is 15.9 Å². The number of nitrogens with zero attached hydrogens (tertiary/aromatic N) is 1. The SMILES string of the molecule is Cc1cc(NS(=O)C2CC2CO)c(Nc2ccc(Br)cc2F)n(C)c1=O. The Morgan fingerprint density at radius 3 is 2.73 bits per heavy atom. The molecule has 3 unspecified atom stereocenters. The van der Waals surface area contributed by atoms with Crippen LogP contribution in [0.25, 0.3) is 0 Å². The summed E-state index contributed by atoms with van der Waals surface area (Å²) in [4.78, 5) is 12.3. The van der Waals surface area contributed by atoms with Gasteiger partial charge in [0.05, 0.1) is 16.6 Å². The van der Waals surface area contributed by atoms with Crippen LogP contribution in [0.2, 0.25) is 0 Å². The van der Waals surface area contributed by atoms with E-state index in [1.54, 1.807) is 32.2 Å². The van der Waals surface area contributed by atoms with E-state index in [-0.39, 0.29) is 29.0 Å². The first-order chi connectivity index (χ1) is 12.3. The molecule has 0 saturated heterocycles. The van der Waals surface area contributed by atoms with Crippen LogP contribution >= 0.6 is 15.9 Å². The van der Waals surface area contributed by atoms with E-state index in [0.717, 1.165) is 0 Å². The Morgan fingerprint density at radius 2 is 2.12 bits per heavy atom. The van der Waals surface area contributed by atoms with E-state index < -0.39 is 16.8 Å². The van der Waals surface area contributed by atoms with Crippen molar-refractivity contribution in [2.24, 2.45) is 13.0 Å². The second-order valence-corrected chi connectivity index (χ2v) is 8.64. The topological polar surface area (TPSA) is 83.4 Å². The summed E-state index contributed by atoms with van der Waals surface area (Å²) in [5.74, 6) is -0.143. The molecular weight excluding hydrogens is 425 g/mol. The quantitative estimate of drug-likeness (QED) is 0.640. The predicted octanol–water partition coefficient (Wildman–Crippen LogP) is 2.80. The van der Waals surface area contributed by atoms with Crippen LogP contribution in [0.5, 0.6) is 0 Å². The van der Waals surface area contributed by atoms with E-state index in [1.807, 2.05) is 0 Å². The predicted molar refractivity (Wildman–Crippen MR) is 105 cm³/mol. The minimum absolute atomic E-state index is 0.000395. The number of pyridine rings is 1. The van der Waals surface area contributed by atoms with Crippen molar-refractivity contribution in [3.8, 4) is 0 Å². The summed E-state index contributed by atoms with van der Waals surface area (Å²) in [6.45, 7) is 1.66. The molecule has 1 aromatic heterocycles. The van der Waals surface area contributed by atoms with Gasteiger partial charge in [0, 0.05) is 23.7 Å². The number of halogens is 2. The molecular formula is C17H19BrFN3O3S. The first-order valence-electron chi connectivity index (χ1n) is 8.02. The van der Waals surface area contributed by atoms with Gasteiger partial charge >= 0.3 is 0 Å². The number of aliphatic hydroxyl groups excluding tert-OH is 1. The molecule has 2 aromatic rings. The Kier molecular flexibility index (Phi) is 5.50. The van der Waals surface area contributed by atoms with Crippen LogP contribution in [-0.4, -0.2) is 25.7 Å². The molecule has 9 heteroatoms. The van der Waals surface area contributed by atoms with Gasteiger partial charge in [-0.2, -0.15) is 0 Å². The van der Waals surface area contributed by atoms with Gasteiger partial charge < -0.3 is 15.1 Å². The number of aliphatic hydroxyl groups is 1. The summed E-state index contributed by atoms with van der Waals surface area (Å²) < 4.78 is 31.5. The van der Waals surface area contributed by atoms with E-state index in [4.69, 9.17) is 5.11 Å². The van der Waals surface area contributed by atoms with Crippen LogP contribution in [0.4, 0.5) is 21.6 Å². The third kappa shape index (κ3) is 3.84. The highest BCUT2D eigenvalue weighted by Gasteiger charge is 2.42. The third-order valence-electron chi connectivity index (χ3n) is 4.36. The average molecular weight is 444 g/mol. The molecule has 3 atom stereocenters. The number of aryl methyl sites for hydroxylation is 1. The van der Waals surface area contributed by atoms with Crippen LogP contribution in [-0.2, 0) is 18.0 Å². The van der Waals surface area contributed by atoms with E-state index in [2.05, 4.69) is 26.0 Å². The highest BCUT2D eigenvalue weighted by atomic mass is 79.9. The fourth-order valence-electron chi connectivity index (χ4n) is 2.70. The molecule has 1 fully saturated rings. The van der Waals surface area contributed by atoms with Crippen molar-refractivity contribution in [3.63, 3.8) is 0 Å². The Hall–Kier alpha value is -1.71. The molecule has 26 heavy (non-hydrogen) atoms. The van der Waals surface area contributed by atoms with Crippen LogP contribution < -0.4 is 15.6 Å². The molecule has 1 aromatic carbocycles. The molecule has 0 amide bonds. The molecule has 1 aliphatic rings. The molecule has 1 aliphatic carbocycles. The zero-order chi connectivity index (χ0) is 19.0. The molecule has 1 heterocycles. The number of hydrogen-bond acceptors (Lipinski definition) is 4. The van der Waals surface area contributed by atoms with Gasteiger partial charge in [-0.05, 0) is 43.5 Å². The number of anilines is 3. The molecule has 0 radical (unpaired) electrons. The van der Waals surface area contributed by atoms with Gasteiger partial charge in [-0.15, -0.1) is 0 Å². The van der Waals surface area contributed by atoms with Crippen LogP contribution in [0.3, 0.4) is 0 Å². The van der Waals surface area contributed by atoms with Crippen molar-refractivity contribution in [2.45, 2.75) is 18.6 Å². The summed E-state index contributed by atoms with van der Waals surface area (Å²) in [5, 5.41) is 11.9. The molecule has 3 N–H and O–H groups in total. The van der Waals surface area contributed by atoms with Crippen LogP contribution in [0.15, 0.2) is 33.5 Å². The van der Waals surface area contributed by atoms with E-state index in [0.29, 0.717) is 28.0 Å². The number of hydrogen-bond donors (Lipinski definition) is 3. The van der Waals surface area contributed by atoms with Gasteiger partial charge in [0.1, 0.15) is 22.6 Å². The number of benzene rings is 1. The smallest absolute Gasteiger partial charge is 0.254 e.